The molecule has 0 N–H and O–H groups in total. The van der Waals surface area contributed by atoms with Crippen LogP contribution in [0.5, 0.6) is 0 Å². The lowest BCUT2D eigenvalue weighted by Crippen LogP contribution is -2.16. The van der Waals surface area contributed by atoms with Gasteiger partial charge in [-0.15, -0.1) is 12.3 Å². The molecule has 0 spiro atoms. The first kappa shape index (κ1) is 16.7. The molecule has 0 aromatic carbocycles. The molecule has 0 amide bonds. The van der Waals surface area contributed by atoms with E-state index in [-0.39, 0.29) is 12.1 Å². The number of carbonyl (C=O) groups is 2. The van der Waals surface area contributed by atoms with Gasteiger partial charge in [0.1, 0.15) is 12.4 Å². The van der Waals surface area contributed by atoms with Crippen molar-refractivity contribution >= 4 is 12.3 Å². The number of rotatable bonds is 11. The molecule has 3 nitrogen and oxygen atoms in total. The maximum atomic E-state index is 10.9. The van der Waals surface area contributed by atoms with Gasteiger partial charge < -0.3 is 9.53 Å². The van der Waals surface area contributed by atoms with E-state index in [1.807, 2.05) is 0 Å². The zero-order chi connectivity index (χ0) is 13.6. The number of terminal acetylenes is 1. The van der Waals surface area contributed by atoms with Gasteiger partial charge in [0.2, 0.25) is 0 Å². The SMILES string of the molecule is C#CCCC(CCCCCCCC=O)OC(C)=O. The summed E-state index contributed by atoms with van der Waals surface area (Å²) in [5, 5.41) is 0. The van der Waals surface area contributed by atoms with E-state index in [1.165, 1.54) is 6.92 Å². The predicted molar refractivity (Wildman–Crippen MR) is 72.0 cm³/mol. The zero-order valence-corrected chi connectivity index (χ0v) is 11.3. The molecule has 0 bridgehead atoms. The summed E-state index contributed by atoms with van der Waals surface area (Å²) in [6.07, 6.45) is 14.5. The predicted octanol–water partition coefficient (Wildman–Crippen LogP) is 3.26. The normalized spacial score (nSPS) is 11.6. The number of hydrogen-bond acceptors (Lipinski definition) is 3. The molecule has 3 heteroatoms. The summed E-state index contributed by atoms with van der Waals surface area (Å²) >= 11 is 0. The van der Waals surface area contributed by atoms with Crippen LogP contribution in [0, 0.1) is 12.3 Å². The summed E-state index contributed by atoms with van der Waals surface area (Å²) in [5.41, 5.74) is 0. The van der Waals surface area contributed by atoms with Gasteiger partial charge in [0.25, 0.3) is 0 Å². The van der Waals surface area contributed by atoms with Gasteiger partial charge in [-0.1, -0.05) is 19.3 Å². The molecule has 1 unspecified atom stereocenters. The van der Waals surface area contributed by atoms with Gasteiger partial charge >= 0.3 is 5.97 Å². The van der Waals surface area contributed by atoms with Crippen LogP contribution in [0.1, 0.15) is 64.7 Å². The van der Waals surface area contributed by atoms with E-state index < -0.39 is 0 Å². The summed E-state index contributed by atoms with van der Waals surface area (Å²) in [6, 6.07) is 0. The van der Waals surface area contributed by atoms with E-state index in [0.29, 0.717) is 12.8 Å². The third-order valence-electron chi connectivity index (χ3n) is 2.79. The van der Waals surface area contributed by atoms with E-state index in [0.717, 1.165) is 51.2 Å². The van der Waals surface area contributed by atoms with E-state index in [1.54, 1.807) is 0 Å². The lowest BCUT2D eigenvalue weighted by Gasteiger charge is -2.15. The van der Waals surface area contributed by atoms with Crippen LogP contribution >= 0.6 is 0 Å². The molecule has 0 radical (unpaired) electrons. The Balaban J connectivity index is 3.59. The average molecular weight is 252 g/mol. The molecule has 0 heterocycles. The van der Waals surface area contributed by atoms with E-state index in [4.69, 9.17) is 11.2 Å². The number of carbonyl (C=O) groups excluding carboxylic acids is 2. The highest BCUT2D eigenvalue weighted by Gasteiger charge is 2.10. The maximum Gasteiger partial charge on any atom is 0.302 e. The minimum Gasteiger partial charge on any atom is -0.463 e. The van der Waals surface area contributed by atoms with Crippen LogP contribution in [-0.4, -0.2) is 18.4 Å². The zero-order valence-electron chi connectivity index (χ0n) is 11.3. The average Bonchev–Trinajstić information content (AvgIpc) is 2.34. The molecule has 0 aliphatic heterocycles. The van der Waals surface area contributed by atoms with Gasteiger partial charge in [-0.3, -0.25) is 4.79 Å². The molecule has 0 aromatic heterocycles. The molecule has 102 valence electrons. The third-order valence-corrected chi connectivity index (χ3v) is 2.79. The minimum atomic E-state index is -0.233. The molecule has 0 rings (SSSR count). The van der Waals surface area contributed by atoms with Crippen LogP contribution in [0.25, 0.3) is 0 Å². The van der Waals surface area contributed by atoms with Crippen LogP contribution in [-0.2, 0) is 14.3 Å². The molecule has 0 fully saturated rings. The van der Waals surface area contributed by atoms with Gasteiger partial charge in [0.05, 0.1) is 0 Å². The van der Waals surface area contributed by atoms with E-state index >= 15 is 0 Å². The van der Waals surface area contributed by atoms with Gasteiger partial charge in [-0.05, 0) is 25.7 Å². The van der Waals surface area contributed by atoms with Crippen molar-refractivity contribution in [2.24, 2.45) is 0 Å². The Labute approximate surface area is 110 Å². The van der Waals surface area contributed by atoms with E-state index in [9.17, 15) is 9.59 Å². The first-order valence-electron chi connectivity index (χ1n) is 6.75. The highest BCUT2D eigenvalue weighted by molar-refractivity contribution is 5.66. The lowest BCUT2D eigenvalue weighted by molar-refractivity contribution is -0.146. The number of hydrogen-bond donors (Lipinski definition) is 0. The monoisotopic (exact) mass is 252 g/mol. The van der Waals surface area contributed by atoms with Crippen molar-refractivity contribution < 1.29 is 14.3 Å². The third kappa shape index (κ3) is 11.2. The molecule has 1 atom stereocenters. The molecule has 0 aliphatic rings. The van der Waals surface area contributed by atoms with Crippen molar-refractivity contribution in [2.45, 2.75) is 70.8 Å². The number of unbranched alkanes of at least 4 members (excludes halogenated alkanes) is 5. The fraction of sp³-hybridized carbons (Fsp3) is 0.733. The highest BCUT2D eigenvalue weighted by atomic mass is 16.5. The Morgan fingerprint density at radius 1 is 1.22 bits per heavy atom. The van der Waals surface area contributed by atoms with Crippen LogP contribution < -0.4 is 0 Å². The van der Waals surface area contributed by atoms with Crippen molar-refractivity contribution in [3.05, 3.63) is 0 Å². The second kappa shape index (κ2) is 12.2. The Kier molecular flexibility index (Phi) is 11.3. The van der Waals surface area contributed by atoms with Crippen molar-refractivity contribution in [1.29, 1.82) is 0 Å². The summed E-state index contributed by atoms with van der Waals surface area (Å²) in [7, 11) is 0. The summed E-state index contributed by atoms with van der Waals surface area (Å²) in [5.74, 6) is 2.34. The Morgan fingerprint density at radius 3 is 2.50 bits per heavy atom. The second-order valence-electron chi connectivity index (χ2n) is 4.49. The van der Waals surface area contributed by atoms with Crippen LogP contribution in [0.3, 0.4) is 0 Å². The smallest absolute Gasteiger partial charge is 0.302 e. The quantitative estimate of drug-likeness (QED) is 0.245. The number of esters is 1. The van der Waals surface area contributed by atoms with Gasteiger partial charge in [0, 0.05) is 19.8 Å². The second-order valence-corrected chi connectivity index (χ2v) is 4.49. The highest BCUT2D eigenvalue weighted by Crippen LogP contribution is 2.14. The van der Waals surface area contributed by atoms with Crippen molar-refractivity contribution in [1.82, 2.24) is 0 Å². The topological polar surface area (TPSA) is 43.4 Å². The van der Waals surface area contributed by atoms with Gasteiger partial charge in [0.15, 0.2) is 0 Å². The Hall–Kier alpha value is -1.30. The van der Waals surface area contributed by atoms with Crippen molar-refractivity contribution in [3.63, 3.8) is 0 Å². The van der Waals surface area contributed by atoms with Crippen LogP contribution in [0.4, 0.5) is 0 Å². The number of ether oxygens (including phenoxy) is 1. The summed E-state index contributed by atoms with van der Waals surface area (Å²) < 4.78 is 5.22. The molecule has 0 aliphatic carbocycles. The molecule has 18 heavy (non-hydrogen) atoms. The molecule has 0 aromatic rings. The fourth-order valence-corrected chi connectivity index (χ4v) is 1.87. The molecular formula is C15H24O3. The van der Waals surface area contributed by atoms with Crippen molar-refractivity contribution in [2.75, 3.05) is 0 Å². The molecule has 0 saturated heterocycles. The van der Waals surface area contributed by atoms with E-state index in [2.05, 4.69) is 5.92 Å². The molecule has 0 saturated carbocycles. The van der Waals surface area contributed by atoms with Gasteiger partial charge in [-0.2, -0.15) is 0 Å². The minimum absolute atomic E-state index is 0.0338. The first-order valence-corrected chi connectivity index (χ1v) is 6.75. The lowest BCUT2D eigenvalue weighted by atomic mass is 10.0. The summed E-state index contributed by atoms with van der Waals surface area (Å²) in [4.78, 5) is 21.0. The maximum absolute atomic E-state index is 10.9. The largest absolute Gasteiger partial charge is 0.463 e. The number of aldehydes is 1. The molecular weight excluding hydrogens is 228 g/mol. The van der Waals surface area contributed by atoms with Crippen LogP contribution in [0.15, 0.2) is 0 Å². The van der Waals surface area contributed by atoms with Crippen molar-refractivity contribution in [3.8, 4) is 12.3 Å². The van der Waals surface area contributed by atoms with Gasteiger partial charge in [-0.25, -0.2) is 0 Å². The Bertz CT molecular complexity index is 265. The standard InChI is InChI=1S/C15H24O3/c1-3-4-11-15(18-14(2)17)12-9-7-5-6-8-10-13-16/h1,13,15H,4-12H2,2H3. The van der Waals surface area contributed by atoms with Crippen LogP contribution in [0.2, 0.25) is 0 Å². The first-order chi connectivity index (χ1) is 8.70. The Morgan fingerprint density at radius 2 is 1.89 bits per heavy atom. The summed E-state index contributed by atoms with van der Waals surface area (Å²) in [6.45, 7) is 1.43. The fourth-order valence-electron chi connectivity index (χ4n) is 1.87.